The van der Waals surface area contributed by atoms with Crippen LogP contribution < -0.4 is 10.2 Å². The molecule has 150 valence electrons. The van der Waals surface area contributed by atoms with Crippen LogP contribution in [0.1, 0.15) is 51.8 Å². The summed E-state index contributed by atoms with van der Waals surface area (Å²) >= 11 is 6.37. The Balaban J connectivity index is 2.16. The minimum atomic E-state index is -0.500. The molecular formula is C20H30ClN3O3. The Bertz CT molecular complexity index is 707. The maximum absolute atomic E-state index is 12.3. The summed E-state index contributed by atoms with van der Waals surface area (Å²) < 4.78 is 5.46. The normalized spacial score (nSPS) is 16.1. The molecule has 0 spiro atoms. The molecule has 6 nitrogen and oxygen atoms in total. The van der Waals surface area contributed by atoms with Crippen LogP contribution in [0.3, 0.4) is 0 Å². The first-order valence-electron chi connectivity index (χ1n) is 9.28. The molecule has 2 amide bonds. The second-order valence-electron chi connectivity index (χ2n) is 8.04. The number of carbonyl (C=O) groups excluding carboxylic acids is 2. The molecule has 27 heavy (non-hydrogen) atoms. The van der Waals surface area contributed by atoms with Crippen LogP contribution in [0.2, 0.25) is 5.02 Å². The minimum absolute atomic E-state index is 0.0733. The van der Waals surface area contributed by atoms with E-state index in [0.29, 0.717) is 31.2 Å². The number of hydrogen-bond acceptors (Lipinski definition) is 4. The highest BCUT2D eigenvalue weighted by molar-refractivity contribution is 6.31. The number of benzene rings is 1. The fourth-order valence-electron chi connectivity index (χ4n) is 3.15. The molecule has 1 fully saturated rings. The maximum atomic E-state index is 12.3. The lowest BCUT2D eigenvalue weighted by Gasteiger charge is -2.38. The summed E-state index contributed by atoms with van der Waals surface area (Å²) in [5.41, 5.74) is 2.49. The van der Waals surface area contributed by atoms with Gasteiger partial charge in [-0.05, 0) is 51.8 Å². The molecule has 2 rings (SSSR count). The van der Waals surface area contributed by atoms with Crippen LogP contribution in [-0.2, 0) is 9.53 Å². The summed E-state index contributed by atoms with van der Waals surface area (Å²) in [6.07, 6.45) is -0.282. The van der Waals surface area contributed by atoms with Crippen molar-refractivity contribution in [2.75, 3.05) is 31.1 Å². The van der Waals surface area contributed by atoms with Crippen LogP contribution in [0.4, 0.5) is 10.5 Å². The van der Waals surface area contributed by atoms with E-state index in [1.165, 1.54) is 6.92 Å². The van der Waals surface area contributed by atoms with E-state index in [2.05, 4.69) is 10.2 Å². The monoisotopic (exact) mass is 395 g/mol. The van der Waals surface area contributed by atoms with E-state index < -0.39 is 5.60 Å². The summed E-state index contributed by atoms with van der Waals surface area (Å²) in [5.74, 6) is -0.0733. The largest absolute Gasteiger partial charge is 0.444 e. The Hall–Kier alpha value is -1.95. The number of nitrogens with zero attached hydrogens (tertiary/aromatic N) is 2. The standard InChI is InChI=1S/C20H30ClN3O3/c1-13-11-16(14(2)22-15(3)25)18(12-17(13)21)23-7-9-24(10-8-23)19(26)27-20(4,5)6/h11-12,14H,7-10H2,1-6H3,(H,22,25)/t14-/m0/s1. The lowest BCUT2D eigenvalue weighted by atomic mass is 10.0. The first-order valence-corrected chi connectivity index (χ1v) is 9.65. The molecule has 0 radical (unpaired) electrons. The molecule has 1 heterocycles. The molecule has 1 N–H and O–H groups in total. The second-order valence-corrected chi connectivity index (χ2v) is 8.44. The fraction of sp³-hybridized carbons (Fsp3) is 0.600. The topological polar surface area (TPSA) is 61.9 Å². The van der Waals surface area contributed by atoms with E-state index in [9.17, 15) is 9.59 Å². The fourth-order valence-corrected chi connectivity index (χ4v) is 3.31. The van der Waals surface area contributed by atoms with Crippen molar-refractivity contribution >= 4 is 29.3 Å². The molecule has 1 atom stereocenters. The zero-order chi connectivity index (χ0) is 20.4. The van der Waals surface area contributed by atoms with Crippen molar-refractivity contribution in [2.45, 2.75) is 53.2 Å². The highest BCUT2D eigenvalue weighted by Crippen LogP contribution is 2.33. The molecule has 0 aliphatic carbocycles. The molecule has 1 aliphatic heterocycles. The SMILES string of the molecule is CC(=O)N[C@@H](C)c1cc(C)c(Cl)cc1N1CCN(C(=O)OC(C)(C)C)CC1. The van der Waals surface area contributed by atoms with E-state index >= 15 is 0 Å². The maximum Gasteiger partial charge on any atom is 0.410 e. The predicted molar refractivity (Wildman–Crippen MR) is 108 cm³/mol. The lowest BCUT2D eigenvalue weighted by molar-refractivity contribution is -0.119. The van der Waals surface area contributed by atoms with Gasteiger partial charge in [0.1, 0.15) is 5.60 Å². The van der Waals surface area contributed by atoms with Crippen molar-refractivity contribution in [3.63, 3.8) is 0 Å². The minimum Gasteiger partial charge on any atom is -0.444 e. The number of ether oxygens (including phenoxy) is 1. The number of anilines is 1. The van der Waals surface area contributed by atoms with Gasteiger partial charge in [0.2, 0.25) is 5.91 Å². The Morgan fingerprint density at radius 1 is 1.19 bits per heavy atom. The Kier molecular flexibility index (Phi) is 6.63. The number of amides is 2. The average Bonchev–Trinajstić information content (AvgIpc) is 2.55. The van der Waals surface area contributed by atoms with Gasteiger partial charge in [-0.3, -0.25) is 4.79 Å². The summed E-state index contributed by atoms with van der Waals surface area (Å²) in [5, 5.41) is 3.64. The molecule has 1 aromatic carbocycles. The van der Waals surface area contributed by atoms with Crippen LogP contribution in [-0.4, -0.2) is 48.7 Å². The molecule has 0 bridgehead atoms. The quantitative estimate of drug-likeness (QED) is 0.843. The van der Waals surface area contributed by atoms with Crippen molar-refractivity contribution in [1.82, 2.24) is 10.2 Å². The number of hydrogen-bond donors (Lipinski definition) is 1. The summed E-state index contributed by atoms with van der Waals surface area (Å²) in [6.45, 7) is 13.5. The van der Waals surface area contributed by atoms with Gasteiger partial charge < -0.3 is 19.9 Å². The van der Waals surface area contributed by atoms with Crippen molar-refractivity contribution < 1.29 is 14.3 Å². The van der Waals surface area contributed by atoms with Gasteiger partial charge in [-0.15, -0.1) is 0 Å². The van der Waals surface area contributed by atoms with Gasteiger partial charge in [0, 0.05) is 43.8 Å². The zero-order valence-electron chi connectivity index (χ0n) is 17.1. The van der Waals surface area contributed by atoms with E-state index in [-0.39, 0.29) is 18.0 Å². The van der Waals surface area contributed by atoms with Gasteiger partial charge in [0.05, 0.1) is 6.04 Å². The van der Waals surface area contributed by atoms with Crippen molar-refractivity contribution in [2.24, 2.45) is 0 Å². The average molecular weight is 396 g/mol. The molecule has 1 saturated heterocycles. The Morgan fingerprint density at radius 3 is 2.30 bits per heavy atom. The highest BCUT2D eigenvalue weighted by Gasteiger charge is 2.27. The van der Waals surface area contributed by atoms with Gasteiger partial charge in [-0.2, -0.15) is 0 Å². The van der Waals surface area contributed by atoms with E-state index in [4.69, 9.17) is 16.3 Å². The summed E-state index contributed by atoms with van der Waals surface area (Å²) in [6, 6.07) is 3.85. The van der Waals surface area contributed by atoms with Crippen molar-refractivity contribution in [1.29, 1.82) is 0 Å². The number of rotatable bonds is 3. The van der Waals surface area contributed by atoms with Crippen LogP contribution in [0.5, 0.6) is 0 Å². The number of halogens is 1. The number of piperazine rings is 1. The molecule has 7 heteroatoms. The molecule has 0 unspecified atom stereocenters. The second kappa shape index (κ2) is 8.38. The zero-order valence-corrected chi connectivity index (χ0v) is 17.8. The predicted octanol–water partition coefficient (Wildman–Crippen LogP) is 3.90. The smallest absolute Gasteiger partial charge is 0.410 e. The number of carbonyl (C=O) groups is 2. The third-order valence-electron chi connectivity index (χ3n) is 4.47. The first kappa shape index (κ1) is 21.4. The summed E-state index contributed by atoms with van der Waals surface area (Å²) in [4.78, 5) is 27.7. The van der Waals surface area contributed by atoms with E-state index in [1.807, 2.05) is 46.8 Å². The number of aryl methyl sites for hydroxylation is 1. The Morgan fingerprint density at radius 2 is 1.78 bits per heavy atom. The van der Waals surface area contributed by atoms with Gasteiger partial charge >= 0.3 is 6.09 Å². The lowest BCUT2D eigenvalue weighted by Crippen LogP contribution is -2.50. The van der Waals surface area contributed by atoms with Crippen LogP contribution >= 0.6 is 11.6 Å². The third kappa shape index (κ3) is 5.76. The van der Waals surface area contributed by atoms with E-state index in [1.54, 1.807) is 4.90 Å². The van der Waals surface area contributed by atoms with Crippen LogP contribution in [0, 0.1) is 6.92 Å². The highest BCUT2D eigenvalue weighted by atomic mass is 35.5. The molecular weight excluding hydrogens is 366 g/mol. The van der Waals surface area contributed by atoms with Crippen LogP contribution in [0.15, 0.2) is 12.1 Å². The molecule has 0 aromatic heterocycles. The van der Waals surface area contributed by atoms with Gasteiger partial charge in [-0.25, -0.2) is 4.79 Å². The third-order valence-corrected chi connectivity index (χ3v) is 4.87. The van der Waals surface area contributed by atoms with E-state index in [0.717, 1.165) is 16.8 Å². The first-order chi connectivity index (χ1) is 12.5. The van der Waals surface area contributed by atoms with Gasteiger partial charge in [0.25, 0.3) is 0 Å². The van der Waals surface area contributed by atoms with Crippen molar-refractivity contribution in [3.05, 3.63) is 28.3 Å². The molecule has 0 saturated carbocycles. The van der Waals surface area contributed by atoms with Gasteiger partial charge in [0.15, 0.2) is 0 Å². The molecule has 1 aliphatic rings. The molecule has 1 aromatic rings. The van der Waals surface area contributed by atoms with Crippen LogP contribution in [0.25, 0.3) is 0 Å². The van der Waals surface area contributed by atoms with Gasteiger partial charge in [-0.1, -0.05) is 17.7 Å². The summed E-state index contributed by atoms with van der Waals surface area (Å²) in [7, 11) is 0. The Labute approximate surface area is 166 Å². The number of nitrogens with one attached hydrogen (secondary N) is 1. The van der Waals surface area contributed by atoms with Crippen molar-refractivity contribution in [3.8, 4) is 0 Å².